The first-order chi connectivity index (χ1) is 17.2. The Labute approximate surface area is 207 Å². The first-order valence-corrected chi connectivity index (χ1v) is 12.7. The lowest BCUT2D eigenvalue weighted by Gasteiger charge is -2.25. The van der Waals surface area contributed by atoms with E-state index in [-0.39, 0.29) is 0 Å². The average molecular weight is 464 g/mol. The highest BCUT2D eigenvalue weighted by atomic mass is 16.3. The van der Waals surface area contributed by atoms with E-state index in [0.29, 0.717) is 11.7 Å². The summed E-state index contributed by atoms with van der Waals surface area (Å²) < 4.78 is 8.31. The first-order valence-electron chi connectivity index (χ1n) is 12.7. The molecule has 1 heterocycles. The van der Waals surface area contributed by atoms with Gasteiger partial charge in [-0.25, -0.2) is 4.99 Å². The Kier molecular flexibility index (Phi) is 6.99. The van der Waals surface area contributed by atoms with Crippen LogP contribution < -0.4 is 21.3 Å². The molecule has 0 bridgehead atoms. The van der Waals surface area contributed by atoms with Crippen LogP contribution in [0.5, 0.6) is 0 Å². The second kappa shape index (κ2) is 10.6. The van der Waals surface area contributed by atoms with Gasteiger partial charge in [-0.15, -0.1) is 0 Å². The van der Waals surface area contributed by atoms with Crippen molar-refractivity contribution >= 4 is 29.7 Å². The number of aromatic nitrogens is 1. The Balaban J connectivity index is 1.49. The summed E-state index contributed by atoms with van der Waals surface area (Å²) in [5.74, 6) is 0. The van der Waals surface area contributed by atoms with Crippen molar-refractivity contribution in [3.8, 4) is 0 Å². The summed E-state index contributed by atoms with van der Waals surface area (Å²) in [6.07, 6.45) is 8.19. The van der Waals surface area contributed by atoms with Gasteiger partial charge in [0.15, 0.2) is 5.42 Å². The second-order valence-corrected chi connectivity index (χ2v) is 9.10. The SMILES string of the molecule is C=c1/c(=C\c2ccc(N(c3ccccc3)c3ccccc3)cc2)o/c(=N/C2CCCCC2)n1CC. The van der Waals surface area contributed by atoms with Gasteiger partial charge in [0, 0.05) is 23.6 Å². The number of hydrogen-bond acceptors (Lipinski definition) is 3. The summed E-state index contributed by atoms with van der Waals surface area (Å²) in [6.45, 7) is 7.21. The van der Waals surface area contributed by atoms with E-state index in [1.807, 2.05) is 12.1 Å². The molecule has 1 saturated carbocycles. The van der Waals surface area contributed by atoms with Gasteiger partial charge in [-0.2, -0.15) is 0 Å². The molecule has 1 aliphatic carbocycles. The minimum atomic E-state index is 0.362. The highest BCUT2D eigenvalue weighted by Crippen LogP contribution is 2.34. The van der Waals surface area contributed by atoms with E-state index in [1.165, 1.54) is 19.3 Å². The zero-order valence-corrected chi connectivity index (χ0v) is 20.4. The zero-order chi connectivity index (χ0) is 24.0. The van der Waals surface area contributed by atoms with Gasteiger partial charge < -0.3 is 9.32 Å². The van der Waals surface area contributed by atoms with Crippen molar-refractivity contribution in [2.24, 2.45) is 4.99 Å². The molecule has 35 heavy (non-hydrogen) atoms. The smallest absolute Gasteiger partial charge is 0.297 e. The molecule has 0 unspecified atom stereocenters. The van der Waals surface area contributed by atoms with Crippen LogP contribution in [0.15, 0.2) is 94.3 Å². The van der Waals surface area contributed by atoms with E-state index >= 15 is 0 Å². The van der Waals surface area contributed by atoms with E-state index in [4.69, 9.17) is 9.41 Å². The largest absolute Gasteiger partial charge is 0.424 e. The molecule has 0 N–H and O–H groups in total. The molecule has 0 spiro atoms. The third kappa shape index (κ3) is 5.17. The molecule has 1 aliphatic rings. The Morgan fingerprint density at radius 3 is 2.00 bits per heavy atom. The molecule has 0 aliphatic heterocycles. The maximum atomic E-state index is 6.23. The van der Waals surface area contributed by atoms with E-state index in [2.05, 4.69) is 102 Å². The van der Waals surface area contributed by atoms with Crippen LogP contribution >= 0.6 is 0 Å². The van der Waals surface area contributed by atoms with Crippen LogP contribution in [-0.2, 0) is 6.54 Å². The Morgan fingerprint density at radius 2 is 1.43 bits per heavy atom. The van der Waals surface area contributed by atoms with Crippen molar-refractivity contribution in [3.05, 3.63) is 107 Å². The number of para-hydroxylation sites is 2. The van der Waals surface area contributed by atoms with Crippen molar-refractivity contribution in [2.75, 3.05) is 4.90 Å². The Bertz CT molecular complexity index is 1370. The van der Waals surface area contributed by atoms with Crippen LogP contribution in [0.3, 0.4) is 0 Å². The van der Waals surface area contributed by atoms with E-state index in [1.54, 1.807) is 0 Å². The van der Waals surface area contributed by atoms with Gasteiger partial charge in [0.05, 0.1) is 11.4 Å². The van der Waals surface area contributed by atoms with Crippen LogP contribution in [0.25, 0.3) is 12.7 Å². The fourth-order valence-corrected chi connectivity index (χ4v) is 4.83. The highest BCUT2D eigenvalue weighted by Gasteiger charge is 2.14. The van der Waals surface area contributed by atoms with Crippen LogP contribution in [0.4, 0.5) is 17.1 Å². The predicted molar refractivity (Wildman–Crippen MR) is 144 cm³/mol. The summed E-state index contributed by atoms with van der Waals surface area (Å²) in [5.41, 5.74) is 5.90. The van der Waals surface area contributed by atoms with Crippen LogP contribution in [-0.4, -0.2) is 10.6 Å². The lowest BCUT2D eigenvalue weighted by molar-refractivity contribution is 0.386. The van der Waals surface area contributed by atoms with Crippen LogP contribution in [0, 0.1) is 0 Å². The summed E-state index contributed by atoms with van der Waals surface area (Å²) in [6, 6.07) is 29.8. The fraction of sp³-hybridized carbons (Fsp3) is 0.258. The topological polar surface area (TPSA) is 33.7 Å². The van der Waals surface area contributed by atoms with Crippen molar-refractivity contribution in [2.45, 2.75) is 51.6 Å². The Morgan fingerprint density at radius 1 is 0.857 bits per heavy atom. The molecule has 178 valence electrons. The third-order valence-electron chi connectivity index (χ3n) is 6.70. The lowest BCUT2D eigenvalue weighted by atomic mass is 9.96. The molecule has 1 fully saturated rings. The van der Waals surface area contributed by atoms with E-state index in [0.717, 1.165) is 52.8 Å². The lowest BCUT2D eigenvalue weighted by Crippen LogP contribution is -2.31. The standard InChI is InChI=1S/C31H33N3O/c1-3-33-24(2)30(35-31(33)32-26-13-7-4-8-14-26)23-25-19-21-29(22-20-25)34(27-15-9-5-10-16-27)28-17-11-6-12-18-28/h5-6,9-12,15-23,26H,2-4,7-8,13-14H2,1H3/b30-23+,32-31+. The van der Waals surface area contributed by atoms with Crippen LogP contribution in [0.1, 0.15) is 44.6 Å². The summed E-state index contributed by atoms with van der Waals surface area (Å²) in [5, 5.41) is 0.876. The second-order valence-electron chi connectivity index (χ2n) is 9.10. The molecule has 1 aromatic heterocycles. The Hall–Kier alpha value is -3.79. The molecule has 3 aromatic carbocycles. The maximum absolute atomic E-state index is 6.23. The molecule has 0 radical (unpaired) electrons. The van der Waals surface area contributed by atoms with Gasteiger partial charge in [-0.05, 0) is 67.8 Å². The molecular weight excluding hydrogens is 430 g/mol. The predicted octanol–water partition coefficient (Wildman–Crippen LogP) is 6.04. The monoisotopic (exact) mass is 463 g/mol. The summed E-state index contributed by atoms with van der Waals surface area (Å²) in [7, 11) is 0. The third-order valence-corrected chi connectivity index (χ3v) is 6.70. The van der Waals surface area contributed by atoms with Gasteiger partial charge in [-0.3, -0.25) is 4.57 Å². The molecular formula is C31H33N3O. The molecule has 5 rings (SSSR count). The van der Waals surface area contributed by atoms with Gasteiger partial charge >= 0.3 is 0 Å². The number of benzene rings is 3. The number of anilines is 3. The normalized spacial score (nSPS) is 15.5. The average Bonchev–Trinajstić information content (AvgIpc) is 3.20. The quantitative estimate of drug-likeness (QED) is 0.349. The van der Waals surface area contributed by atoms with Crippen molar-refractivity contribution in [1.82, 2.24) is 4.57 Å². The van der Waals surface area contributed by atoms with Gasteiger partial charge in [-0.1, -0.05) is 74.4 Å². The van der Waals surface area contributed by atoms with Crippen molar-refractivity contribution in [3.63, 3.8) is 0 Å². The molecule has 0 amide bonds. The summed E-state index contributed by atoms with van der Waals surface area (Å²) in [4.78, 5) is 7.21. The molecule has 0 atom stereocenters. The van der Waals surface area contributed by atoms with E-state index < -0.39 is 0 Å². The number of hydrogen-bond donors (Lipinski definition) is 0. The molecule has 4 heteroatoms. The molecule has 4 aromatic rings. The number of rotatable bonds is 6. The first kappa shape index (κ1) is 23.0. The number of nitrogens with zero attached hydrogens (tertiary/aromatic N) is 3. The number of oxazole rings is 1. The minimum Gasteiger partial charge on any atom is -0.424 e. The summed E-state index contributed by atoms with van der Waals surface area (Å²) >= 11 is 0. The van der Waals surface area contributed by atoms with Gasteiger partial charge in [0.1, 0.15) is 0 Å². The van der Waals surface area contributed by atoms with Crippen molar-refractivity contribution in [1.29, 1.82) is 0 Å². The van der Waals surface area contributed by atoms with Gasteiger partial charge in [0.25, 0.3) is 5.68 Å². The maximum Gasteiger partial charge on any atom is 0.297 e. The van der Waals surface area contributed by atoms with Crippen molar-refractivity contribution < 1.29 is 4.42 Å². The molecule has 0 saturated heterocycles. The molecule has 4 nitrogen and oxygen atoms in total. The zero-order valence-electron chi connectivity index (χ0n) is 20.4. The van der Waals surface area contributed by atoms with Crippen LogP contribution in [0.2, 0.25) is 0 Å². The highest BCUT2D eigenvalue weighted by molar-refractivity contribution is 5.76. The minimum absolute atomic E-state index is 0.362. The van der Waals surface area contributed by atoms with E-state index in [9.17, 15) is 0 Å². The van der Waals surface area contributed by atoms with Gasteiger partial charge in [0.2, 0.25) is 0 Å². The fourth-order valence-electron chi connectivity index (χ4n) is 4.83.